The van der Waals surface area contributed by atoms with E-state index in [0.29, 0.717) is 5.92 Å². The number of nitrogens with two attached hydrogens (primary N) is 1. The van der Waals surface area contributed by atoms with Gasteiger partial charge in [-0.15, -0.1) is 0 Å². The highest BCUT2D eigenvalue weighted by atomic mass is 32.2. The van der Waals surface area contributed by atoms with E-state index < -0.39 is 21.7 Å². The molecule has 0 saturated heterocycles. The quantitative estimate of drug-likeness (QED) is 0.865. The minimum absolute atomic E-state index is 0.00943. The van der Waals surface area contributed by atoms with Crippen LogP contribution in [0.4, 0.5) is 4.39 Å². The van der Waals surface area contributed by atoms with Gasteiger partial charge in [-0.1, -0.05) is 0 Å². The molecule has 1 aliphatic carbocycles. The molecular formula is C12H15FN2O3S. The van der Waals surface area contributed by atoms with Crippen LogP contribution in [-0.4, -0.2) is 20.4 Å². The molecule has 19 heavy (non-hydrogen) atoms. The summed E-state index contributed by atoms with van der Waals surface area (Å²) in [7, 11) is -3.97. The summed E-state index contributed by atoms with van der Waals surface area (Å²) in [6.45, 7) is 1.87. The minimum Gasteiger partial charge on any atom is -0.349 e. The van der Waals surface area contributed by atoms with Crippen molar-refractivity contribution in [2.45, 2.75) is 30.7 Å². The number of hydrogen-bond donors (Lipinski definition) is 2. The van der Waals surface area contributed by atoms with E-state index in [-0.39, 0.29) is 16.5 Å². The van der Waals surface area contributed by atoms with Crippen LogP contribution < -0.4 is 10.5 Å². The molecule has 0 spiro atoms. The smallest absolute Gasteiger partial charge is 0.254 e. The zero-order valence-corrected chi connectivity index (χ0v) is 11.2. The molecule has 1 unspecified atom stereocenters. The van der Waals surface area contributed by atoms with Crippen molar-refractivity contribution < 1.29 is 17.6 Å². The van der Waals surface area contributed by atoms with Crippen molar-refractivity contribution in [2.24, 2.45) is 11.1 Å². The second-order valence-electron chi connectivity index (χ2n) is 4.79. The van der Waals surface area contributed by atoms with Crippen molar-refractivity contribution in [2.75, 3.05) is 0 Å². The van der Waals surface area contributed by atoms with Crippen molar-refractivity contribution >= 4 is 15.9 Å². The molecule has 7 heteroatoms. The molecule has 0 heterocycles. The molecule has 0 aliphatic heterocycles. The van der Waals surface area contributed by atoms with Gasteiger partial charge in [-0.2, -0.15) is 0 Å². The van der Waals surface area contributed by atoms with Crippen LogP contribution in [0, 0.1) is 11.7 Å². The van der Waals surface area contributed by atoms with Crippen LogP contribution in [0.3, 0.4) is 0 Å². The van der Waals surface area contributed by atoms with Gasteiger partial charge in [-0.3, -0.25) is 4.79 Å². The van der Waals surface area contributed by atoms with Gasteiger partial charge in [-0.05, 0) is 43.9 Å². The Labute approximate surface area is 111 Å². The van der Waals surface area contributed by atoms with Crippen molar-refractivity contribution in [1.82, 2.24) is 5.32 Å². The van der Waals surface area contributed by atoms with Gasteiger partial charge in [0.25, 0.3) is 5.91 Å². The van der Waals surface area contributed by atoms with Crippen LogP contribution in [0.2, 0.25) is 0 Å². The standard InChI is InChI=1S/C12H15FN2O3S/c1-7(8-2-3-8)15-12(16)10-5-4-9(6-11(10)13)19(14,17)18/h4-8H,2-3H2,1H3,(H,15,16)(H2,14,17,18). The summed E-state index contributed by atoms with van der Waals surface area (Å²) >= 11 is 0. The number of carbonyl (C=O) groups excluding carboxylic acids is 1. The number of primary sulfonamides is 1. The molecule has 5 nitrogen and oxygen atoms in total. The zero-order chi connectivity index (χ0) is 14.2. The van der Waals surface area contributed by atoms with Crippen molar-refractivity contribution in [3.05, 3.63) is 29.6 Å². The lowest BCUT2D eigenvalue weighted by atomic mass is 10.1. The molecule has 1 aromatic rings. The highest BCUT2D eigenvalue weighted by molar-refractivity contribution is 7.89. The Balaban J connectivity index is 2.18. The summed E-state index contributed by atoms with van der Waals surface area (Å²) in [5.74, 6) is -0.986. The third kappa shape index (κ3) is 3.30. The number of sulfonamides is 1. The van der Waals surface area contributed by atoms with Crippen LogP contribution in [0.15, 0.2) is 23.1 Å². The fraction of sp³-hybridized carbons (Fsp3) is 0.417. The van der Waals surface area contributed by atoms with Gasteiger partial charge in [0.1, 0.15) is 5.82 Å². The number of benzene rings is 1. The highest BCUT2D eigenvalue weighted by Crippen LogP contribution is 2.32. The van der Waals surface area contributed by atoms with Crippen LogP contribution in [0.25, 0.3) is 0 Å². The summed E-state index contributed by atoms with van der Waals surface area (Å²) in [6.07, 6.45) is 2.13. The van der Waals surface area contributed by atoms with Crippen LogP contribution >= 0.6 is 0 Å². The lowest BCUT2D eigenvalue weighted by Crippen LogP contribution is -2.34. The van der Waals surface area contributed by atoms with E-state index in [1.165, 1.54) is 0 Å². The average Bonchev–Trinajstić information content (AvgIpc) is 3.10. The first kappa shape index (κ1) is 14.0. The number of rotatable bonds is 4. The first-order chi connectivity index (χ1) is 8.79. The maximum atomic E-state index is 13.7. The predicted octanol–water partition coefficient (Wildman–Crippen LogP) is 1.00. The number of nitrogens with one attached hydrogen (secondary N) is 1. The van der Waals surface area contributed by atoms with Crippen molar-refractivity contribution in [3.8, 4) is 0 Å². The largest absolute Gasteiger partial charge is 0.349 e. The molecule has 1 fully saturated rings. The van der Waals surface area contributed by atoms with Gasteiger partial charge in [-0.25, -0.2) is 17.9 Å². The normalized spacial score (nSPS) is 17.0. The molecule has 1 amide bonds. The molecule has 1 aromatic carbocycles. The van der Waals surface area contributed by atoms with Gasteiger partial charge in [0.05, 0.1) is 10.5 Å². The number of carbonyl (C=O) groups is 1. The Kier molecular flexibility index (Phi) is 3.60. The Morgan fingerprint density at radius 3 is 2.58 bits per heavy atom. The summed E-state index contributed by atoms with van der Waals surface area (Å²) in [4.78, 5) is 11.5. The summed E-state index contributed by atoms with van der Waals surface area (Å²) in [5, 5.41) is 7.58. The first-order valence-electron chi connectivity index (χ1n) is 5.92. The zero-order valence-electron chi connectivity index (χ0n) is 10.4. The van der Waals surface area contributed by atoms with E-state index >= 15 is 0 Å². The van der Waals surface area contributed by atoms with E-state index in [4.69, 9.17) is 5.14 Å². The number of amides is 1. The Hall–Kier alpha value is -1.47. The van der Waals surface area contributed by atoms with Crippen LogP contribution in [0.5, 0.6) is 0 Å². The predicted molar refractivity (Wildman–Crippen MR) is 67.4 cm³/mol. The molecule has 3 N–H and O–H groups in total. The average molecular weight is 286 g/mol. The molecule has 1 atom stereocenters. The van der Waals surface area contributed by atoms with E-state index in [1.54, 1.807) is 0 Å². The van der Waals surface area contributed by atoms with E-state index in [9.17, 15) is 17.6 Å². The molecule has 104 valence electrons. The third-order valence-corrected chi connectivity index (χ3v) is 4.11. The maximum Gasteiger partial charge on any atom is 0.254 e. The van der Waals surface area contributed by atoms with E-state index in [1.807, 2.05) is 6.92 Å². The topological polar surface area (TPSA) is 89.3 Å². The Morgan fingerprint density at radius 2 is 2.11 bits per heavy atom. The fourth-order valence-electron chi connectivity index (χ4n) is 1.86. The van der Waals surface area contributed by atoms with Gasteiger partial charge in [0.2, 0.25) is 10.0 Å². The third-order valence-electron chi connectivity index (χ3n) is 3.20. The minimum atomic E-state index is -3.97. The van der Waals surface area contributed by atoms with Crippen molar-refractivity contribution in [3.63, 3.8) is 0 Å². The van der Waals surface area contributed by atoms with Crippen LogP contribution in [0.1, 0.15) is 30.1 Å². The Morgan fingerprint density at radius 1 is 1.47 bits per heavy atom. The Bertz CT molecular complexity index is 611. The second kappa shape index (κ2) is 4.90. The first-order valence-corrected chi connectivity index (χ1v) is 7.47. The van der Waals surface area contributed by atoms with E-state index in [0.717, 1.165) is 31.0 Å². The summed E-state index contributed by atoms with van der Waals surface area (Å²) in [5.41, 5.74) is -0.181. The lowest BCUT2D eigenvalue weighted by Gasteiger charge is -2.13. The van der Waals surface area contributed by atoms with E-state index in [2.05, 4.69) is 5.32 Å². The summed E-state index contributed by atoms with van der Waals surface area (Å²) < 4.78 is 35.8. The molecular weight excluding hydrogens is 271 g/mol. The van der Waals surface area contributed by atoms with Gasteiger partial charge >= 0.3 is 0 Å². The molecule has 0 aromatic heterocycles. The number of halogens is 1. The number of hydrogen-bond acceptors (Lipinski definition) is 3. The van der Waals surface area contributed by atoms with Gasteiger partial charge < -0.3 is 5.32 Å². The summed E-state index contributed by atoms with van der Waals surface area (Å²) in [6, 6.07) is 3.00. The molecule has 2 rings (SSSR count). The maximum absolute atomic E-state index is 13.7. The monoisotopic (exact) mass is 286 g/mol. The molecule has 1 aliphatic rings. The fourth-order valence-corrected chi connectivity index (χ4v) is 2.38. The van der Waals surface area contributed by atoms with Gasteiger partial charge in [0.15, 0.2) is 0 Å². The highest BCUT2D eigenvalue weighted by Gasteiger charge is 2.29. The molecule has 1 saturated carbocycles. The second-order valence-corrected chi connectivity index (χ2v) is 6.35. The molecule has 0 bridgehead atoms. The SMILES string of the molecule is CC(NC(=O)c1ccc(S(N)(=O)=O)cc1F)C1CC1. The van der Waals surface area contributed by atoms with Crippen molar-refractivity contribution in [1.29, 1.82) is 0 Å². The lowest BCUT2D eigenvalue weighted by molar-refractivity contribution is 0.0931. The van der Waals surface area contributed by atoms with Gasteiger partial charge in [0, 0.05) is 6.04 Å². The van der Waals surface area contributed by atoms with Crippen LogP contribution in [-0.2, 0) is 10.0 Å². The molecule has 0 radical (unpaired) electrons.